The molecule has 11 heavy (non-hydrogen) atoms. The van der Waals surface area contributed by atoms with Gasteiger partial charge in [0.2, 0.25) is 0 Å². The predicted octanol–water partition coefficient (Wildman–Crippen LogP) is 1.59. The van der Waals surface area contributed by atoms with Crippen LogP contribution < -0.4 is 6.15 Å². The molecule has 54 valence electrons. The Bertz CT molecular complexity index is 288. The summed E-state index contributed by atoms with van der Waals surface area (Å²) >= 11 is 0. The Kier molecular flexibility index (Phi) is 3.37. The van der Waals surface area contributed by atoms with Crippen molar-refractivity contribution in [3.63, 3.8) is 0 Å². The number of hydrogen-bond acceptors (Lipinski definition) is 3. The molecule has 0 aliphatic rings. The van der Waals surface area contributed by atoms with Gasteiger partial charge in [-0.1, -0.05) is 6.07 Å². The molecule has 0 unspecified atom stereocenters. The SMILES string of the molecule is N.N#Cc1cccc(C#N)c1. The molecule has 0 bridgehead atoms. The number of hydrogen-bond donors (Lipinski definition) is 1. The van der Waals surface area contributed by atoms with Gasteiger partial charge in [-0.15, -0.1) is 0 Å². The summed E-state index contributed by atoms with van der Waals surface area (Å²) in [5, 5.41) is 16.8. The molecular weight excluding hydrogens is 138 g/mol. The molecule has 0 radical (unpaired) electrons. The van der Waals surface area contributed by atoms with Crippen LogP contribution in [0.1, 0.15) is 11.1 Å². The van der Waals surface area contributed by atoms with Crippen molar-refractivity contribution in [1.82, 2.24) is 6.15 Å². The van der Waals surface area contributed by atoms with Crippen LogP contribution in [-0.4, -0.2) is 0 Å². The van der Waals surface area contributed by atoms with Gasteiger partial charge in [-0.25, -0.2) is 0 Å². The van der Waals surface area contributed by atoms with Gasteiger partial charge in [-0.3, -0.25) is 0 Å². The Hall–Kier alpha value is -1.84. The molecule has 0 atom stereocenters. The molecule has 0 heterocycles. The minimum atomic E-state index is 0. The van der Waals surface area contributed by atoms with Crippen molar-refractivity contribution in [1.29, 1.82) is 10.5 Å². The molecule has 3 nitrogen and oxygen atoms in total. The third-order valence-electron chi connectivity index (χ3n) is 1.12. The van der Waals surface area contributed by atoms with Crippen molar-refractivity contribution < 1.29 is 0 Å². The van der Waals surface area contributed by atoms with E-state index >= 15 is 0 Å². The summed E-state index contributed by atoms with van der Waals surface area (Å²) in [5.74, 6) is 0. The molecule has 1 aromatic carbocycles. The average molecular weight is 145 g/mol. The minimum absolute atomic E-state index is 0. The van der Waals surface area contributed by atoms with Gasteiger partial charge in [0, 0.05) is 0 Å². The maximum absolute atomic E-state index is 8.40. The fourth-order valence-corrected chi connectivity index (χ4v) is 0.658. The second kappa shape index (κ2) is 4.05. The standard InChI is InChI=1S/C8H4N2.H3N/c9-5-7-2-1-3-8(4-7)6-10;/h1-4H;1H3. The topological polar surface area (TPSA) is 82.6 Å². The van der Waals surface area contributed by atoms with E-state index in [-0.39, 0.29) is 6.15 Å². The maximum atomic E-state index is 8.40. The predicted molar refractivity (Wildman–Crippen MR) is 40.9 cm³/mol. The Morgan fingerprint density at radius 3 is 1.82 bits per heavy atom. The monoisotopic (exact) mass is 145 g/mol. The average Bonchev–Trinajstić information content (AvgIpc) is 2.05. The number of nitriles is 2. The van der Waals surface area contributed by atoms with E-state index in [1.54, 1.807) is 24.3 Å². The number of rotatable bonds is 0. The first kappa shape index (κ1) is 9.16. The first-order valence-corrected chi connectivity index (χ1v) is 2.77. The van der Waals surface area contributed by atoms with Gasteiger partial charge in [0.1, 0.15) is 0 Å². The van der Waals surface area contributed by atoms with Crippen LogP contribution in [0.2, 0.25) is 0 Å². The van der Waals surface area contributed by atoms with Gasteiger partial charge in [0.05, 0.1) is 23.3 Å². The van der Waals surface area contributed by atoms with Gasteiger partial charge in [-0.2, -0.15) is 10.5 Å². The van der Waals surface area contributed by atoms with Crippen molar-refractivity contribution in [2.75, 3.05) is 0 Å². The molecule has 0 amide bonds. The van der Waals surface area contributed by atoms with Gasteiger partial charge in [-0.05, 0) is 18.2 Å². The Labute approximate surface area is 65.1 Å². The zero-order valence-corrected chi connectivity index (χ0v) is 5.91. The zero-order valence-electron chi connectivity index (χ0n) is 5.91. The smallest absolute Gasteiger partial charge is 0.0992 e. The summed E-state index contributed by atoms with van der Waals surface area (Å²) in [6, 6.07) is 10.5. The highest BCUT2D eigenvalue weighted by Gasteiger charge is 1.90. The second-order valence-electron chi connectivity index (χ2n) is 1.80. The lowest BCUT2D eigenvalue weighted by Gasteiger charge is -1.86. The summed E-state index contributed by atoms with van der Waals surface area (Å²) in [6.07, 6.45) is 0. The van der Waals surface area contributed by atoms with Crippen molar-refractivity contribution in [3.05, 3.63) is 35.4 Å². The lowest BCUT2D eigenvalue weighted by atomic mass is 10.2. The molecule has 3 N–H and O–H groups in total. The molecule has 0 aliphatic carbocycles. The van der Waals surface area contributed by atoms with E-state index in [0.717, 1.165) is 0 Å². The fraction of sp³-hybridized carbons (Fsp3) is 0. The molecule has 3 heteroatoms. The summed E-state index contributed by atoms with van der Waals surface area (Å²) < 4.78 is 0. The maximum Gasteiger partial charge on any atom is 0.0992 e. The van der Waals surface area contributed by atoms with E-state index in [2.05, 4.69) is 0 Å². The van der Waals surface area contributed by atoms with Crippen molar-refractivity contribution in [2.45, 2.75) is 0 Å². The fourth-order valence-electron chi connectivity index (χ4n) is 0.658. The van der Waals surface area contributed by atoms with E-state index in [1.165, 1.54) is 0 Å². The van der Waals surface area contributed by atoms with Crippen LogP contribution in [0.5, 0.6) is 0 Å². The van der Waals surface area contributed by atoms with Crippen molar-refractivity contribution in [2.24, 2.45) is 0 Å². The highest BCUT2D eigenvalue weighted by molar-refractivity contribution is 5.38. The Morgan fingerprint density at radius 2 is 1.45 bits per heavy atom. The number of benzene rings is 1. The Balaban J connectivity index is 0.000001000. The lowest BCUT2D eigenvalue weighted by Crippen LogP contribution is -1.75. The third kappa shape index (κ3) is 2.09. The molecule has 0 fully saturated rings. The van der Waals surface area contributed by atoms with Crippen LogP contribution in [-0.2, 0) is 0 Å². The normalized spacial score (nSPS) is 7.09. The van der Waals surface area contributed by atoms with Gasteiger partial charge >= 0.3 is 0 Å². The molecule has 0 aromatic heterocycles. The first-order valence-electron chi connectivity index (χ1n) is 2.77. The summed E-state index contributed by atoms with van der Waals surface area (Å²) in [7, 11) is 0. The highest BCUT2D eigenvalue weighted by Crippen LogP contribution is 2.01. The molecule has 0 spiro atoms. The molecule has 0 aliphatic heterocycles. The third-order valence-corrected chi connectivity index (χ3v) is 1.12. The van der Waals surface area contributed by atoms with Gasteiger partial charge in [0.25, 0.3) is 0 Å². The quantitative estimate of drug-likeness (QED) is 0.601. The Morgan fingerprint density at radius 1 is 1.00 bits per heavy atom. The van der Waals surface area contributed by atoms with E-state index in [1.807, 2.05) is 12.1 Å². The van der Waals surface area contributed by atoms with Crippen LogP contribution in [0.4, 0.5) is 0 Å². The second-order valence-corrected chi connectivity index (χ2v) is 1.80. The summed E-state index contributed by atoms with van der Waals surface area (Å²) in [4.78, 5) is 0. The molecule has 1 rings (SSSR count). The lowest BCUT2D eigenvalue weighted by molar-refractivity contribution is 1.45. The summed E-state index contributed by atoms with van der Waals surface area (Å²) in [5.41, 5.74) is 1.05. The van der Waals surface area contributed by atoms with Crippen LogP contribution in [0.15, 0.2) is 24.3 Å². The van der Waals surface area contributed by atoms with Crippen LogP contribution in [0.25, 0.3) is 0 Å². The molecule has 0 saturated carbocycles. The van der Waals surface area contributed by atoms with Gasteiger partial charge < -0.3 is 6.15 Å². The van der Waals surface area contributed by atoms with E-state index in [9.17, 15) is 0 Å². The van der Waals surface area contributed by atoms with Crippen LogP contribution in [0, 0.1) is 22.7 Å². The van der Waals surface area contributed by atoms with Crippen molar-refractivity contribution in [3.8, 4) is 12.1 Å². The first-order chi connectivity index (χ1) is 4.86. The molecular formula is C8H7N3. The van der Waals surface area contributed by atoms with E-state index in [4.69, 9.17) is 10.5 Å². The minimum Gasteiger partial charge on any atom is -0.344 e. The van der Waals surface area contributed by atoms with Crippen LogP contribution >= 0.6 is 0 Å². The summed E-state index contributed by atoms with van der Waals surface area (Å²) in [6.45, 7) is 0. The molecule has 1 aromatic rings. The van der Waals surface area contributed by atoms with E-state index < -0.39 is 0 Å². The van der Waals surface area contributed by atoms with E-state index in [0.29, 0.717) is 11.1 Å². The number of nitrogens with zero attached hydrogens (tertiary/aromatic N) is 2. The zero-order chi connectivity index (χ0) is 7.40. The van der Waals surface area contributed by atoms with Crippen LogP contribution in [0.3, 0.4) is 0 Å². The molecule has 0 saturated heterocycles. The largest absolute Gasteiger partial charge is 0.344 e. The van der Waals surface area contributed by atoms with Gasteiger partial charge in [0.15, 0.2) is 0 Å². The van der Waals surface area contributed by atoms with Crippen molar-refractivity contribution >= 4 is 0 Å². The highest BCUT2D eigenvalue weighted by atomic mass is 14.2.